The fraction of sp³-hybridized carbons (Fsp3) is 0.350. The van der Waals surface area contributed by atoms with Crippen LogP contribution in [0.5, 0.6) is 5.75 Å². The van der Waals surface area contributed by atoms with Crippen molar-refractivity contribution in [3.8, 4) is 5.75 Å². The first-order valence-corrected chi connectivity index (χ1v) is 8.46. The van der Waals surface area contributed by atoms with Gasteiger partial charge in [0.1, 0.15) is 5.75 Å². The minimum absolute atomic E-state index is 0.0415. The fourth-order valence-corrected chi connectivity index (χ4v) is 3.42. The summed E-state index contributed by atoms with van der Waals surface area (Å²) in [6, 6.07) is 10.6. The summed E-state index contributed by atoms with van der Waals surface area (Å²) in [5, 5.41) is 6.35. The number of ether oxygens (including phenoxy) is 1. The van der Waals surface area contributed by atoms with E-state index in [1.807, 2.05) is 6.07 Å². The molecule has 0 fully saturated rings. The lowest BCUT2D eigenvalue weighted by Crippen LogP contribution is -2.37. The number of aryl methyl sites for hydroxylation is 2. The molecule has 4 rings (SSSR count). The summed E-state index contributed by atoms with van der Waals surface area (Å²) in [7, 11) is 0. The lowest BCUT2D eigenvalue weighted by atomic mass is 10.0. The highest BCUT2D eigenvalue weighted by Crippen LogP contribution is 2.31. The predicted molar refractivity (Wildman–Crippen MR) is 92.9 cm³/mol. The largest absolute Gasteiger partial charge is 0.480 e. The first kappa shape index (κ1) is 15.2. The molecule has 1 unspecified atom stereocenters. The molecule has 124 valence electrons. The Bertz CT molecular complexity index is 783. The molecule has 0 radical (unpaired) electrons. The van der Waals surface area contributed by atoms with Crippen LogP contribution in [0, 0.1) is 13.8 Å². The molecular weight excluding hydrogens is 300 g/mol. The Morgan fingerprint density at radius 1 is 1.12 bits per heavy atom. The van der Waals surface area contributed by atoms with Crippen LogP contribution in [0.1, 0.15) is 33.4 Å². The van der Waals surface area contributed by atoms with E-state index in [-0.39, 0.29) is 5.91 Å². The molecule has 2 aliphatic rings. The molecular formula is C20H22N2O2. The van der Waals surface area contributed by atoms with Gasteiger partial charge >= 0.3 is 0 Å². The minimum atomic E-state index is -0.419. The van der Waals surface area contributed by atoms with Gasteiger partial charge in [0.2, 0.25) is 0 Å². The van der Waals surface area contributed by atoms with Crippen molar-refractivity contribution < 1.29 is 9.53 Å². The molecule has 2 N–H and O–H groups in total. The van der Waals surface area contributed by atoms with Crippen molar-refractivity contribution in [2.24, 2.45) is 0 Å². The smallest absolute Gasteiger partial charge is 0.261 e. The average Bonchev–Trinajstić information content (AvgIpc) is 3.19. The maximum atomic E-state index is 12.4. The molecule has 2 aromatic carbocycles. The Morgan fingerprint density at radius 2 is 1.92 bits per heavy atom. The Kier molecular flexibility index (Phi) is 3.77. The van der Waals surface area contributed by atoms with Crippen LogP contribution in [0.15, 0.2) is 30.3 Å². The fourth-order valence-electron chi connectivity index (χ4n) is 3.42. The van der Waals surface area contributed by atoms with Crippen LogP contribution in [0.3, 0.4) is 0 Å². The Morgan fingerprint density at radius 3 is 2.79 bits per heavy atom. The van der Waals surface area contributed by atoms with Gasteiger partial charge in [0.15, 0.2) is 6.10 Å². The third-order valence-corrected chi connectivity index (χ3v) is 5.01. The second kappa shape index (κ2) is 5.95. The third-order valence-electron chi connectivity index (χ3n) is 5.01. The standard InChI is InChI=1S/C20H22N2O2/c1-12-5-16-8-19(24-18(16)6-13(12)2)20(23)22-9-14-3-4-15-10-21-11-17(15)7-14/h3-7,19,21H,8-11H2,1-2H3,(H,22,23). The molecule has 0 aromatic heterocycles. The Labute approximate surface area is 142 Å². The van der Waals surface area contributed by atoms with E-state index >= 15 is 0 Å². The van der Waals surface area contributed by atoms with Crippen molar-refractivity contribution in [2.75, 3.05) is 0 Å². The van der Waals surface area contributed by atoms with Crippen molar-refractivity contribution in [3.05, 3.63) is 63.7 Å². The summed E-state index contributed by atoms with van der Waals surface area (Å²) in [6.07, 6.45) is 0.230. The van der Waals surface area contributed by atoms with Crippen LogP contribution in [0.2, 0.25) is 0 Å². The van der Waals surface area contributed by atoms with E-state index in [2.05, 4.69) is 48.7 Å². The number of hydrogen-bond acceptors (Lipinski definition) is 3. The van der Waals surface area contributed by atoms with E-state index in [0.717, 1.165) is 30.0 Å². The summed E-state index contributed by atoms with van der Waals surface area (Å²) in [5.41, 5.74) is 7.38. The lowest BCUT2D eigenvalue weighted by Gasteiger charge is -2.12. The van der Waals surface area contributed by atoms with Crippen LogP contribution in [0.25, 0.3) is 0 Å². The molecule has 0 bridgehead atoms. The topological polar surface area (TPSA) is 50.4 Å². The van der Waals surface area contributed by atoms with E-state index in [4.69, 9.17) is 4.74 Å². The lowest BCUT2D eigenvalue weighted by molar-refractivity contribution is -0.127. The number of nitrogens with one attached hydrogen (secondary N) is 2. The van der Waals surface area contributed by atoms with Crippen LogP contribution in [0.4, 0.5) is 0 Å². The van der Waals surface area contributed by atoms with E-state index < -0.39 is 6.10 Å². The molecule has 4 nitrogen and oxygen atoms in total. The molecule has 2 aromatic rings. The first-order valence-electron chi connectivity index (χ1n) is 8.46. The van der Waals surface area contributed by atoms with E-state index in [1.54, 1.807) is 0 Å². The Balaban J connectivity index is 1.39. The van der Waals surface area contributed by atoms with Crippen molar-refractivity contribution in [1.82, 2.24) is 10.6 Å². The van der Waals surface area contributed by atoms with Gasteiger partial charge in [-0.15, -0.1) is 0 Å². The highest BCUT2D eigenvalue weighted by atomic mass is 16.5. The van der Waals surface area contributed by atoms with Crippen molar-refractivity contribution in [3.63, 3.8) is 0 Å². The quantitative estimate of drug-likeness (QED) is 0.913. The van der Waals surface area contributed by atoms with Gasteiger partial charge in [0, 0.05) is 26.1 Å². The van der Waals surface area contributed by atoms with Crippen LogP contribution in [-0.2, 0) is 30.8 Å². The zero-order valence-electron chi connectivity index (χ0n) is 14.1. The zero-order valence-corrected chi connectivity index (χ0v) is 14.1. The van der Waals surface area contributed by atoms with Gasteiger partial charge in [-0.25, -0.2) is 0 Å². The van der Waals surface area contributed by atoms with Crippen molar-refractivity contribution >= 4 is 5.91 Å². The predicted octanol–water partition coefficient (Wildman–Crippen LogP) is 2.53. The Hall–Kier alpha value is -2.33. The number of rotatable bonds is 3. The van der Waals surface area contributed by atoms with Crippen LogP contribution < -0.4 is 15.4 Å². The second-order valence-electron chi connectivity index (χ2n) is 6.78. The monoisotopic (exact) mass is 322 g/mol. The van der Waals surface area contributed by atoms with Gasteiger partial charge < -0.3 is 15.4 Å². The zero-order chi connectivity index (χ0) is 16.7. The van der Waals surface area contributed by atoms with Gasteiger partial charge in [-0.05, 0) is 53.3 Å². The number of benzene rings is 2. The number of amides is 1. The van der Waals surface area contributed by atoms with Gasteiger partial charge in [0.05, 0.1) is 0 Å². The van der Waals surface area contributed by atoms with Crippen LogP contribution >= 0.6 is 0 Å². The number of carbonyl (C=O) groups excluding carboxylic acids is 1. The maximum absolute atomic E-state index is 12.4. The minimum Gasteiger partial charge on any atom is -0.480 e. The molecule has 2 heterocycles. The first-order chi connectivity index (χ1) is 11.6. The molecule has 0 saturated carbocycles. The molecule has 2 aliphatic heterocycles. The number of hydrogen-bond donors (Lipinski definition) is 2. The van der Waals surface area contributed by atoms with Gasteiger partial charge in [0.25, 0.3) is 5.91 Å². The number of carbonyl (C=O) groups is 1. The highest BCUT2D eigenvalue weighted by molar-refractivity contribution is 5.82. The van der Waals surface area contributed by atoms with E-state index in [9.17, 15) is 4.79 Å². The second-order valence-corrected chi connectivity index (χ2v) is 6.78. The molecule has 4 heteroatoms. The summed E-state index contributed by atoms with van der Waals surface area (Å²) in [5.74, 6) is 0.807. The van der Waals surface area contributed by atoms with Gasteiger partial charge in [-0.1, -0.05) is 24.3 Å². The van der Waals surface area contributed by atoms with Gasteiger partial charge in [-0.3, -0.25) is 4.79 Å². The summed E-state index contributed by atoms with van der Waals surface area (Å²) < 4.78 is 5.84. The highest BCUT2D eigenvalue weighted by Gasteiger charge is 2.29. The van der Waals surface area contributed by atoms with Crippen molar-refractivity contribution in [2.45, 2.75) is 46.0 Å². The molecule has 24 heavy (non-hydrogen) atoms. The molecule has 1 amide bonds. The van der Waals surface area contributed by atoms with E-state index in [1.165, 1.54) is 22.3 Å². The molecule has 0 aliphatic carbocycles. The van der Waals surface area contributed by atoms with Crippen molar-refractivity contribution in [1.29, 1.82) is 0 Å². The summed E-state index contributed by atoms with van der Waals surface area (Å²) in [6.45, 7) is 6.55. The van der Waals surface area contributed by atoms with Gasteiger partial charge in [-0.2, -0.15) is 0 Å². The SMILES string of the molecule is Cc1cc2c(cc1C)OC(C(=O)NCc1ccc3c(c1)CNC3)C2. The average molecular weight is 322 g/mol. The normalized spacial score (nSPS) is 18.0. The summed E-state index contributed by atoms with van der Waals surface area (Å²) >= 11 is 0. The van der Waals surface area contributed by atoms with E-state index in [0.29, 0.717) is 13.0 Å². The molecule has 0 saturated heterocycles. The maximum Gasteiger partial charge on any atom is 0.261 e. The van der Waals surface area contributed by atoms with Crippen LogP contribution in [-0.4, -0.2) is 12.0 Å². The molecule has 1 atom stereocenters. The number of fused-ring (bicyclic) bond motifs is 2. The molecule has 0 spiro atoms. The summed E-state index contributed by atoms with van der Waals surface area (Å²) in [4.78, 5) is 12.4. The third kappa shape index (κ3) is 2.78.